The maximum atomic E-state index is 14.6. The molecule has 0 amide bonds. The Hall–Kier alpha value is -2.76. The van der Waals surface area contributed by atoms with Gasteiger partial charge in [0.1, 0.15) is 23.5 Å². The van der Waals surface area contributed by atoms with E-state index >= 15 is 0 Å². The molecular formula is C22H16ClF2NO2. The summed E-state index contributed by atoms with van der Waals surface area (Å²) in [6.07, 6.45) is 2.09. The molecule has 0 spiro atoms. The molecule has 2 aromatic carbocycles. The number of hydrogen-bond donors (Lipinski definition) is 1. The number of aliphatic hydroxyl groups excluding tert-OH is 1. The monoisotopic (exact) mass is 399 g/mol. The summed E-state index contributed by atoms with van der Waals surface area (Å²) < 4.78 is 33.8. The minimum Gasteiger partial charge on any atom is -0.492 e. The van der Waals surface area contributed by atoms with Crippen molar-refractivity contribution in [3.8, 4) is 0 Å². The lowest BCUT2D eigenvalue weighted by atomic mass is 9.85. The van der Waals surface area contributed by atoms with E-state index in [1.165, 1.54) is 18.2 Å². The van der Waals surface area contributed by atoms with Crippen LogP contribution in [0.5, 0.6) is 0 Å². The summed E-state index contributed by atoms with van der Waals surface area (Å²) in [6, 6.07) is 13.7. The van der Waals surface area contributed by atoms with Crippen molar-refractivity contribution in [2.45, 2.75) is 12.0 Å². The fourth-order valence-electron chi connectivity index (χ4n) is 3.42. The molecule has 1 aliphatic heterocycles. The molecule has 0 fully saturated rings. The lowest BCUT2D eigenvalue weighted by Gasteiger charge is -2.20. The number of aliphatic hydroxyl groups is 1. The zero-order chi connectivity index (χ0) is 19.7. The second kappa shape index (κ2) is 7.70. The summed E-state index contributed by atoms with van der Waals surface area (Å²) in [4.78, 5) is 4.05. The summed E-state index contributed by atoms with van der Waals surface area (Å²) in [6.45, 7) is 0.151. The zero-order valence-electron chi connectivity index (χ0n) is 14.6. The maximum Gasteiger partial charge on any atom is 0.129 e. The van der Waals surface area contributed by atoms with Crippen molar-refractivity contribution in [1.82, 2.24) is 4.98 Å². The van der Waals surface area contributed by atoms with Crippen LogP contribution >= 0.6 is 11.6 Å². The lowest BCUT2D eigenvalue weighted by molar-refractivity contribution is 0.209. The van der Waals surface area contributed by atoms with Crippen LogP contribution in [0.4, 0.5) is 8.78 Å². The van der Waals surface area contributed by atoms with E-state index in [9.17, 15) is 13.9 Å². The molecule has 142 valence electrons. The van der Waals surface area contributed by atoms with Crippen LogP contribution in [0.25, 0.3) is 5.76 Å². The van der Waals surface area contributed by atoms with Gasteiger partial charge in [0.15, 0.2) is 0 Å². The summed E-state index contributed by atoms with van der Waals surface area (Å²) in [5.74, 6) is -0.961. The lowest BCUT2D eigenvalue weighted by Crippen LogP contribution is -2.12. The summed E-state index contributed by atoms with van der Waals surface area (Å²) >= 11 is 5.88. The van der Waals surface area contributed by atoms with Crippen molar-refractivity contribution in [3.63, 3.8) is 0 Å². The summed E-state index contributed by atoms with van der Waals surface area (Å²) in [5, 5.41) is 11.4. The molecular weight excluding hydrogens is 384 g/mol. The number of hydrogen-bond acceptors (Lipinski definition) is 3. The van der Waals surface area contributed by atoms with E-state index < -0.39 is 17.8 Å². The van der Waals surface area contributed by atoms with Crippen molar-refractivity contribution in [2.75, 3.05) is 6.61 Å². The van der Waals surface area contributed by atoms with Crippen LogP contribution in [-0.2, 0) is 4.74 Å². The van der Waals surface area contributed by atoms with Gasteiger partial charge >= 0.3 is 0 Å². The van der Waals surface area contributed by atoms with Crippen LogP contribution in [-0.4, -0.2) is 16.7 Å². The molecule has 6 heteroatoms. The van der Waals surface area contributed by atoms with Gasteiger partial charge in [-0.2, -0.15) is 0 Å². The first-order valence-electron chi connectivity index (χ1n) is 8.70. The molecule has 0 radical (unpaired) electrons. The second-order valence-corrected chi connectivity index (χ2v) is 6.95. The number of ether oxygens (including phenoxy) is 1. The fourth-order valence-corrected chi connectivity index (χ4v) is 3.58. The largest absolute Gasteiger partial charge is 0.492 e. The van der Waals surface area contributed by atoms with Gasteiger partial charge < -0.3 is 9.84 Å². The average molecular weight is 400 g/mol. The van der Waals surface area contributed by atoms with Gasteiger partial charge in [0.2, 0.25) is 0 Å². The maximum absolute atomic E-state index is 14.6. The van der Waals surface area contributed by atoms with Gasteiger partial charge in [0.25, 0.3) is 0 Å². The minimum atomic E-state index is -1.06. The Kier molecular flexibility index (Phi) is 5.11. The van der Waals surface area contributed by atoms with E-state index in [4.69, 9.17) is 16.3 Å². The van der Waals surface area contributed by atoms with E-state index in [0.29, 0.717) is 28.0 Å². The normalized spacial score (nSPS) is 17.5. The second-order valence-electron chi connectivity index (χ2n) is 6.51. The zero-order valence-corrected chi connectivity index (χ0v) is 15.4. The van der Waals surface area contributed by atoms with Crippen LogP contribution in [0.1, 0.15) is 28.7 Å². The van der Waals surface area contributed by atoms with Crippen molar-refractivity contribution in [3.05, 3.63) is 106 Å². The van der Waals surface area contributed by atoms with E-state index in [-0.39, 0.29) is 17.4 Å². The van der Waals surface area contributed by atoms with Crippen LogP contribution in [0.3, 0.4) is 0 Å². The third kappa shape index (κ3) is 3.51. The van der Waals surface area contributed by atoms with Gasteiger partial charge in [-0.05, 0) is 48.0 Å². The first-order valence-corrected chi connectivity index (χ1v) is 9.08. The van der Waals surface area contributed by atoms with Gasteiger partial charge in [0.05, 0.1) is 6.61 Å². The Morgan fingerprint density at radius 3 is 2.57 bits per heavy atom. The van der Waals surface area contributed by atoms with Crippen LogP contribution in [0.15, 0.2) is 72.6 Å². The summed E-state index contributed by atoms with van der Waals surface area (Å²) in [5.41, 5.74) is 2.04. The van der Waals surface area contributed by atoms with E-state index in [1.54, 1.807) is 48.8 Å². The van der Waals surface area contributed by atoms with Gasteiger partial charge in [0, 0.05) is 40.0 Å². The quantitative estimate of drug-likeness (QED) is 0.649. The molecule has 3 nitrogen and oxygen atoms in total. The molecule has 28 heavy (non-hydrogen) atoms. The van der Waals surface area contributed by atoms with E-state index in [1.807, 2.05) is 0 Å². The molecule has 4 rings (SSSR count). The van der Waals surface area contributed by atoms with Gasteiger partial charge in [-0.3, -0.25) is 4.98 Å². The van der Waals surface area contributed by atoms with Crippen LogP contribution in [0.2, 0.25) is 5.02 Å². The van der Waals surface area contributed by atoms with Crippen molar-refractivity contribution < 1.29 is 18.6 Å². The van der Waals surface area contributed by atoms with Gasteiger partial charge in [-0.25, -0.2) is 8.78 Å². The number of pyridine rings is 1. The SMILES string of the molecule is OC(C1=C(c2ccc(F)cc2)OCC1c1ccc(Cl)cc1F)c1cccnc1. The highest BCUT2D eigenvalue weighted by molar-refractivity contribution is 6.30. The molecule has 0 saturated carbocycles. The van der Waals surface area contributed by atoms with Crippen LogP contribution < -0.4 is 0 Å². The smallest absolute Gasteiger partial charge is 0.129 e. The number of nitrogens with zero attached hydrogens (tertiary/aromatic N) is 1. The van der Waals surface area contributed by atoms with Crippen molar-refractivity contribution >= 4 is 17.4 Å². The fraction of sp³-hybridized carbons (Fsp3) is 0.136. The number of aromatic nitrogens is 1. The highest BCUT2D eigenvalue weighted by Crippen LogP contribution is 2.45. The predicted octanol–water partition coefficient (Wildman–Crippen LogP) is 5.27. The molecule has 0 bridgehead atoms. The third-order valence-corrected chi connectivity index (χ3v) is 5.01. The Bertz CT molecular complexity index is 1020. The first-order chi connectivity index (χ1) is 13.5. The Morgan fingerprint density at radius 1 is 1.11 bits per heavy atom. The topological polar surface area (TPSA) is 42.4 Å². The standard InChI is InChI=1S/C22H16ClF2NO2/c23-15-5-8-17(19(25)10-15)18-12-28-22(13-3-6-16(24)7-4-13)20(18)21(27)14-2-1-9-26-11-14/h1-11,18,21,27H,12H2. The summed E-state index contributed by atoms with van der Waals surface area (Å²) in [7, 11) is 0. The van der Waals surface area contributed by atoms with Gasteiger partial charge in [-0.15, -0.1) is 0 Å². The number of benzene rings is 2. The van der Waals surface area contributed by atoms with Crippen LogP contribution in [0, 0.1) is 11.6 Å². The molecule has 3 aromatic rings. The van der Waals surface area contributed by atoms with E-state index in [2.05, 4.69) is 4.98 Å². The number of rotatable bonds is 4. The molecule has 2 unspecified atom stereocenters. The molecule has 0 saturated heterocycles. The Labute approximate surface area is 165 Å². The average Bonchev–Trinajstić information content (AvgIpc) is 3.13. The predicted molar refractivity (Wildman–Crippen MR) is 103 cm³/mol. The minimum absolute atomic E-state index is 0.151. The molecule has 0 aliphatic carbocycles. The molecule has 1 aliphatic rings. The third-order valence-electron chi connectivity index (χ3n) is 4.77. The van der Waals surface area contributed by atoms with Gasteiger partial charge in [-0.1, -0.05) is 23.7 Å². The molecule has 1 N–H and O–H groups in total. The molecule has 1 aromatic heterocycles. The Balaban J connectivity index is 1.86. The molecule has 2 heterocycles. The molecule has 2 atom stereocenters. The van der Waals surface area contributed by atoms with Crippen molar-refractivity contribution in [2.24, 2.45) is 0 Å². The van der Waals surface area contributed by atoms with Crippen molar-refractivity contribution in [1.29, 1.82) is 0 Å². The first kappa shape index (κ1) is 18.6. The van der Waals surface area contributed by atoms with E-state index in [0.717, 1.165) is 0 Å². The number of halogens is 3. The Morgan fingerprint density at radius 2 is 1.89 bits per heavy atom. The highest BCUT2D eigenvalue weighted by Gasteiger charge is 2.36. The highest BCUT2D eigenvalue weighted by atomic mass is 35.5.